The Morgan fingerprint density at radius 2 is 0.766 bits per heavy atom. The second-order valence-corrected chi connectivity index (χ2v) is 16.8. The van der Waals surface area contributed by atoms with Crippen LogP contribution in [0.15, 0.2) is 247 Å². The topological polar surface area (TPSA) is 19.6 Å². The number of para-hydroxylation sites is 3. The maximum absolute atomic E-state index is 6.54. The highest BCUT2D eigenvalue weighted by atomic mass is 16.3. The summed E-state index contributed by atoms with van der Waals surface area (Å²) in [7, 11) is 0. The van der Waals surface area contributed by atoms with E-state index in [1.54, 1.807) is 0 Å². The van der Waals surface area contributed by atoms with Crippen molar-refractivity contribution in [3.63, 3.8) is 0 Å². The molecule has 64 heavy (non-hydrogen) atoms. The normalized spacial score (nSPS) is 14.3. The molecule has 0 amide bonds. The van der Waals surface area contributed by atoms with E-state index in [0.29, 0.717) is 0 Å². The number of rotatable bonds is 7. The van der Waals surface area contributed by atoms with Gasteiger partial charge < -0.3 is 14.2 Å². The lowest BCUT2D eigenvalue weighted by Crippen LogP contribution is -2.26. The number of furan rings is 1. The minimum absolute atomic E-state index is 0.588. The fourth-order valence-corrected chi connectivity index (χ4v) is 10.8. The van der Waals surface area contributed by atoms with Crippen molar-refractivity contribution in [1.29, 1.82) is 0 Å². The van der Waals surface area contributed by atoms with E-state index in [4.69, 9.17) is 4.42 Å². The van der Waals surface area contributed by atoms with E-state index in [1.165, 1.54) is 50.1 Å². The summed E-state index contributed by atoms with van der Waals surface area (Å²) in [6, 6.07) is 88.3. The molecule has 0 aliphatic heterocycles. The molecule has 0 bridgehead atoms. The lowest BCUT2D eigenvalue weighted by Gasteiger charge is -2.33. The molecule has 1 unspecified atom stereocenters. The molecule has 300 valence electrons. The van der Waals surface area contributed by atoms with Gasteiger partial charge in [-0.05, 0) is 134 Å². The van der Waals surface area contributed by atoms with Crippen LogP contribution in [0.25, 0.3) is 55.3 Å². The Bertz CT molecular complexity index is 3520. The summed E-state index contributed by atoms with van der Waals surface area (Å²) in [5.41, 5.74) is 20.2. The van der Waals surface area contributed by atoms with Crippen LogP contribution in [0.4, 0.5) is 34.1 Å². The summed E-state index contributed by atoms with van der Waals surface area (Å²) in [6.45, 7) is 0. The molecule has 1 spiro atoms. The molecule has 11 aromatic rings. The minimum Gasteiger partial charge on any atom is -0.456 e. The maximum atomic E-state index is 6.54. The number of benzene rings is 10. The Morgan fingerprint density at radius 3 is 1.42 bits per heavy atom. The standard InChI is InChI=1S/C61H40N2O/c1-4-18-41(19-5-1)42-20-16-25-45(38-42)63(57-31-17-33-59-60(57)52-28-12-15-32-58(52)64-59)47-35-37-51-49-27-11-14-30-54(49)61(56(51)40-47)53-29-13-10-26-48(53)50-36-34-46(39-55(50)61)62(43-21-6-2-7-22-43)44-23-8-3-9-24-44/h1-40H. The highest BCUT2D eigenvalue weighted by molar-refractivity contribution is 6.13. The first-order valence-electron chi connectivity index (χ1n) is 22.0. The second-order valence-electron chi connectivity index (χ2n) is 16.8. The van der Waals surface area contributed by atoms with E-state index in [0.717, 1.165) is 61.6 Å². The molecular weight excluding hydrogens is 777 g/mol. The molecule has 3 heteroatoms. The van der Waals surface area contributed by atoms with Gasteiger partial charge in [0, 0.05) is 33.8 Å². The number of fused-ring (bicyclic) bond motifs is 13. The summed E-state index contributed by atoms with van der Waals surface area (Å²) in [5.74, 6) is 0. The van der Waals surface area contributed by atoms with E-state index in [2.05, 4.69) is 246 Å². The van der Waals surface area contributed by atoms with Crippen LogP contribution in [0, 0.1) is 0 Å². The van der Waals surface area contributed by atoms with Crippen molar-refractivity contribution >= 4 is 56.1 Å². The summed E-state index contributed by atoms with van der Waals surface area (Å²) in [5, 5.41) is 2.18. The fourth-order valence-electron chi connectivity index (χ4n) is 10.8. The Hall–Kier alpha value is -8.40. The lowest BCUT2D eigenvalue weighted by atomic mass is 9.70. The van der Waals surface area contributed by atoms with Crippen molar-refractivity contribution < 1.29 is 4.42 Å². The summed E-state index contributed by atoms with van der Waals surface area (Å²) >= 11 is 0. The summed E-state index contributed by atoms with van der Waals surface area (Å²) in [4.78, 5) is 4.82. The molecule has 2 aliphatic carbocycles. The summed E-state index contributed by atoms with van der Waals surface area (Å²) < 4.78 is 6.54. The van der Waals surface area contributed by atoms with E-state index in [9.17, 15) is 0 Å². The third-order valence-electron chi connectivity index (χ3n) is 13.4. The first kappa shape index (κ1) is 36.3. The number of anilines is 6. The van der Waals surface area contributed by atoms with Crippen LogP contribution < -0.4 is 9.80 Å². The van der Waals surface area contributed by atoms with E-state index >= 15 is 0 Å². The zero-order chi connectivity index (χ0) is 42.2. The molecular formula is C61H40N2O. The molecule has 1 atom stereocenters. The van der Waals surface area contributed by atoms with Crippen molar-refractivity contribution in [2.24, 2.45) is 0 Å². The van der Waals surface area contributed by atoms with Gasteiger partial charge >= 0.3 is 0 Å². The number of nitrogens with zero attached hydrogens (tertiary/aromatic N) is 2. The van der Waals surface area contributed by atoms with Gasteiger partial charge in [-0.3, -0.25) is 0 Å². The van der Waals surface area contributed by atoms with Crippen molar-refractivity contribution in [3.05, 3.63) is 265 Å². The average Bonchev–Trinajstić information content (AvgIpc) is 3.99. The lowest BCUT2D eigenvalue weighted by molar-refractivity contribution is 0.669. The molecule has 3 nitrogen and oxygen atoms in total. The van der Waals surface area contributed by atoms with Gasteiger partial charge in [-0.2, -0.15) is 0 Å². The van der Waals surface area contributed by atoms with Gasteiger partial charge in [0.2, 0.25) is 0 Å². The Kier molecular flexibility index (Phi) is 8.13. The molecule has 0 N–H and O–H groups in total. The van der Waals surface area contributed by atoms with Gasteiger partial charge in [0.15, 0.2) is 0 Å². The van der Waals surface area contributed by atoms with Crippen LogP contribution >= 0.6 is 0 Å². The largest absolute Gasteiger partial charge is 0.456 e. The first-order valence-corrected chi connectivity index (χ1v) is 22.0. The molecule has 13 rings (SSSR count). The molecule has 0 saturated carbocycles. The third-order valence-corrected chi connectivity index (χ3v) is 13.4. The predicted octanol–water partition coefficient (Wildman–Crippen LogP) is 16.5. The Labute approximate surface area is 372 Å². The van der Waals surface area contributed by atoms with Gasteiger partial charge in [0.1, 0.15) is 11.2 Å². The van der Waals surface area contributed by atoms with Crippen LogP contribution in [-0.4, -0.2) is 0 Å². The molecule has 2 aliphatic rings. The van der Waals surface area contributed by atoms with Crippen molar-refractivity contribution in [1.82, 2.24) is 0 Å². The Morgan fingerprint density at radius 1 is 0.297 bits per heavy atom. The molecule has 10 aromatic carbocycles. The molecule has 0 saturated heterocycles. The molecule has 0 fully saturated rings. The quantitative estimate of drug-likeness (QED) is 0.160. The van der Waals surface area contributed by atoms with E-state index < -0.39 is 5.41 Å². The van der Waals surface area contributed by atoms with Crippen LogP contribution in [0.1, 0.15) is 22.3 Å². The third kappa shape index (κ3) is 5.34. The van der Waals surface area contributed by atoms with Crippen LogP contribution in [-0.2, 0) is 5.41 Å². The van der Waals surface area contributed by atoms with Crippen molar-refractivity contribution in [2.45, 2.75) is 5.41 Å². The van der Waals surface area contributed by atoms with Crippen LogP contribution in [0.5, 0.6) is 0 Å². The monoisotopic (exact) mass is 816 g/mol. The molecule has 1 aromatic heterocycles. The van der Waals surface area contributed by atoms with Crippen LogP contribution in [0.2, 0.25) is 0 Å². The zero-order valence-electron chi connectivity index (χ0n) is 34.9. The Balaban J connectivity index is 1.09. The fraction of sp³-hybridized carbons (Fsp3) is 0.0164. The van der Waals surface area contributed by atoms with E-state index in [-0.39, 0.29) is 0 Å². The number of hydrogen-bond donors (Lipinski definition) is 0. The van der Waals surface area contributed by atoms with Crippen LogP contribution in [0.3, 0.4) is 0 Å². The number of hydrogen-bond acceptors (Lipinski definition) is 3. The van der Waals surface area contributed by atoms with Gasteiger partial charge in [-0.1, -0.05) is 164 Å². The zero-order valence-corrected chi connectivity index (χ0v) is 34.9. The van der Waals surface area contributed by atoms with Crippen molar-refractivity contribution in [2.75, 3.05) is 9.80 Å². The minimum atomic E-state index is -0.588. The van der Waals surface area contributed by atoms with Gasteiger partial charge in [-0.25, -0.2) is 0 Å². The summed E-state index contributed by atoms with van der Waals surface area (Å²) in [6.07, 6.45) is 0. The first-order chi connectivity index (χ1) is 31.8. The highest BCUT2D eigenvalue weighted by Crippen LogP contribution is 2.64. The van der Waals surface area contributed by atoms with Crippen molar-refractivity contribution in [3.8, 4) is 33.4 Å². The predicted molar refractivity (Wildman–Crippen MR) is 265 cm³/mol. The molecule has 1 heterocycles. The van der Waals surface area contributed by atoms with Gasteiger partial charge in [-0.15, -0.1) is 0 Å². The van der Waals surface area contributed by atoms with Gasteiger partial charge in [0.05, 0.1) is 16.5 Å². The highest BCUT2D eigenvalue weighted by Gasteiger charge is 2.52. The maximum Gasteiger partial charge on any atom is 0.137 e. The average molecular weight is 817 g/mol. The van der Waals surface area contributed by atoms with Gasteiger partial charge in [0.25, 0.3) is 0 Å². The van der Waals surface area contributed by atoms with E-state index in [1.807, 2.05) is 6.07 Å². The SMILES string of the molecule is c1ccc(-c2cccc(N(c3ccc4c(c3)C3(c5ccccc5-c5ccc(N(c6ccccc6)c6ccccc6)cc53)c3ccccc3-4)c3cccc4oc5ccccc5c34)c2)cc1. The smallest absolute Gasteiger partial charge is 0.137 e. The molecule has 0 radical (unpaired) electrons. The second kappa shape index (κ2) is 14.3.